The third kappa shape index (κ3) is 5.44. The first-order valence-corrected chi connectivity index (χ1v) is 19.0. The third-order valence-corrected chi connectivity index (χ3v) is 12.7. The molecule has 11 heteroatoms. The summed E-state index contributed by atoms with van der Waals surface area (Å²) in [5.41, 5.74) is 2.13. The van der Waals surface area contributed by atoms with E-state index in [2.05, 4.69) is 17.2 Å². The van der Waals surface area contributed by atoms with Crippen molar-refractivity contribution in [1.29, 1.82) is 0 Å². The highest BCUT2D eigenvalue weighted by atomic mass is 28.4. The van der Waals surface area contributed by atoms with Crippen LogP contribution in [-0.2, 0) is 37.7 Å². The van der Waals surface area contributed by atoms with Crippen LogP contribution in [0.2, 0.25) is 18.6 Å². The van der Waals surface area contributed by atoms with E-state index in [1.54, 1.807) is 21.9 Å². The summed E-state index contributed by atoms with van der Waals surface area (Å²) in [4.78, 5) is 56.4. The van der Waals surface area contributed by atoms with Gasteiger partial charge >= 0.3 is 0 Å². The number of carbonyl (C=O) groups excluding carboxylic acids is 3. The van der Waals surface area contributed by atoms with E-state index in [0.717, 1.165) is 30.5 Å². The number of rotatable bonds is 8. The number of anilines is 2. The van der Waals surface area contributed by atoms with E-state index < -0.39 is 31.5 Å². The Morgan fingerprint density at radius 3 is 2.64 bits per heavy atom. The molecule has 0 aromatic heterocycles. The number of nitrogens with zero attached hydrogens (tertiary/aromatic N) is 2. The zero-order valence-electron chi connectivity index (χ0n) is 26.3. The van der Waals surface area contributed by atoms with Gasteiger partial charge in [-0.05, 0) is 68.2 Å². The highest BCUT2D eigenvalue weighted by Gasteiger charge is 2.66. The van der Waals surface area contributed by atoms with Gasteiger partial charge in [0.25, 0.3) is 5.91 Å². The van der Waals surface area contributed by atoms with Crippen LogP contribution in [0.4, 0.5) is 11.4 Å². The Morgan fingerprint density at radius 2 is 1.98 bits per heavy atom. The Morgan fingerprint density at radius 1 is 1.22 bits per heavy atom. The number of hydrogen-bond acceptors (Lipinski definition) is 7. The van der Waals surface area contributed by atoms with Crippen LogP contribution in [0.3, 0.4) is 0 Å². The van der Waals surface area contributed by atoms with Crippen molar-refractivity contribution in [2.75, 3.05) is 29.9 Å². The number of amides is 3. The molecule has 3 amide bonds. The third-order valence-electron chi connectivity index (χ3n) is 10.2. The summed E-state index contributed by atoms with van der Waals surface area (Å²) < 4.78 is 6.85. The van der Waals surface area contributed by atoms with Crippen LogP contribution >= 0.6 is 0 Å². The van der Waals surface area contributed by atoms with Gasteiger partial charge < -0.3 is 35.1 Å². The molecule has 0 radical (unpaired) electrons. The number of aliphatic hydroxyl groups is 1. The standard InChI is InChI=1S/C34H44N4O6Si/c1-5-15-37-28-13-12-24(36-32(41)27-11-8-14-35-27)17-26(28)34(33(37)42)21(2)31(45(3,4)43)29(44-34)18-30(40)38-19-23-10-7-6-9-22(23)16-25(38)20-39/h5-7,9-10,12-13,17,21,25,27,29,31,35,39,43H,1,8,11,14-16,18-20H2,2-4H3,(H,36,41)/t21-,25+,27-,29+,31-,34+/m1/s1. The molecular formula is C34H44N4O6Si. The summed E-state index contributed by atoms with van der Waals surface area (Å²) in [6.45, 7) is 10.7. The van der Waals surface area contributed by atoms with Gasteiger partial charge in [-0.15, -0.1) is 6.58 Å². The fraction of sp³-hybridized carbons (Fsp3) is 0.500. The largest absolute Gasteiger partial charge is 0.432 e. The first kappa shape index (κ1) is 31.6. The van der Waals surface area contributed by atoms with Gasteiger partial charge in [-0.2, -0.15) is 0 Å². The number of nitrogens with one attached hydrogen (secondary N) is 2. The van der Waals surface area contributed by atoms with Crippen molar-refractivity contribution >= 4 is 37.4 Å². The van der Waals surface area contributed by atoms with Gasteiger partial charge in [-0.25, -0.2) is 0 Å². The maximum Gasteiger partial charge on any atom is 0.264 e. The second-order valence-corrected chi connectivity index (χ2v) is 17.4. The van der Waals surface area contributed by atoms with Gasteiger partial charge in [0.15, 0.2) is 13.9 Å². The Hall–Kier alpha value is -3.35. The molecule has 2 saturated heterocycles. The van der Waals surface area contributed by atoms with Gasteiger partial charge in [-0.1, -0.05) is 37.3 Å². The van der Waals surface area contributed by atoms with Crippen LogP contribution in [0.5, 0.6) is 0 Å². The minimum Gasteiger partial charge on any atom is -0.432 e. The van der Waals surface area contributed by atoms with E-state index in [4.69, 9.17) is 4.74 Å². The Kier molecular flexibility index (Phi) is 8.51. The summed E-state index contributed by atoms with van der Waals surface area (Å²) in [5, 5.41) is 16.4. The molecule has 4 aliphatic rings. The molecule has 4 heterocycles. The molecule has 1 spiro atoms. The van der Waals surface area contributed by atoms with E-state index in [0.29, 0.717) is 29.9 Å². The second-order valence-electron chi connectivity index (χ2n) is 13.5. The molecule has 10 nitrogen and oxygen atoms in total. The summed E-state index contributed by atoms with van der Waals surface area (Å²) in [5.74, 6) is -1.02. The first-order valence-electron chi connectivity index (χ1n) is 16.0. The van der Waals surface area contributed by atoms with Gasteiger partial charge in [0.2, 0.25) is 11.8 Å². The number of carbonyl (C=O) groups is 3. The van der Waals surface area contributed by atoms with E-state index in [1.807, 2.05) is 56.4 Å². The molecule has 0 bridgehead atoms. The van der Waals surface area contributed by atoms with Crippen LogP contribution in [0.15, 0.2) is 55.1 Å². The minimum absolute atomic E-state index is 0.0275. The van der Waals surface area contributed by atoms with Crippen molar-refractivity contribution in [3.63, 3.8) is 0 Å². The van der Waals surface area contributed by atoms with Crippen molar-refractivity contribution in [2.45, 2.75) is 81.6 Å². The van der Waals surface area contributed by atoms with Crippen LogP contribution in [-0.4, -0.2) is 78.7 Å². The highest BCUT2D eigenvalue weighted by Crippen LogP contribution is 2.60. The summed E-state index contributed by atoms with van der Waals surface area (Å²) in [6, 6.07) is 12.7. The molecule has 2 aromatic rings. The van der Waals surface area contributed by atoms with E-state index in [1.165, 1.54) is 0 Å². The fourth-order valence-electron chi connectivity index (χ4n) is 8.14. The lowest BCUT2D eigenvalue weighted by atomic mass is 9.82. The van der Waals surface area contributed by atoms with Gasteiger partial charge in [0.1, 0.15) is 0 Å². The SMILES string of the molecule is C=CCN1C(=O)[C@@]2(O[C@@H](CC(=O)N3Cc4ccccc4C[C@H]3CO)[C@H]([Si](C)(C)O)[C@H]2C)c2cc(NC(=O)[C@H]3CCCN3)ccc21. The fourth-order valence-corrected chi connectivity index (χ4v) is 10.7. The quantitative estimate of drug-likeness (QED) is 0.260. The topological polar surface area (TPSA) is 131 Å². The smallest absolute Gasteiger partial charge is 0.264 e. The molecule has 2 aromatic carbocycles. The summed E-state index contributed by atoms with van der Waals surface area (Å²) in [7, 11) is -3.01. The lowest BCUT2D eigenvalue weighted by Crippen LogP contribution is -2.48. The molecule has 2 fully saturated rings. The number of benzene rings is 2. The number of hydrogen-bond donors (Lipinski definition) is 4. The van der Waals surface area contributed by atoms with Crippen molar-refractivity contribution in [3.8, 4) is 0 Å². The predicted molar refractivity (Wildman–Crippen MR) is 174 cm³/mol. The van der Waals surface area contributed by atoms with Crippen LogP contribution in [0.1, 0.15) is 42.9 Å². The number of aliphatic hydroxyl groups excluding tert-OH is 1. The van der Waals surface area contributed by atoms with Crippen LogP contribution < -0.4 is 15.5 Å². The lowest BCUT2D eigenvalue weighted by molar-refractivity contribution is -0.150. The van der Waals surface area contributed by atoms with Crippen LogP contribution in [0, 0.1) is 5.92 Å². The Labute approximate surface area is 265 Å². The average Bonchev–Trinajstić information content (AvgIpc) is 3.70. The highest BCUT2D eigenvalue weighted by molar-refractivity contribution is 6.71. The van der Waals surface area contributed by atoms with Crippen molar-refractivity contribution in [3.05, 3.63) is 71.8 Å². The molecule has 4 N–H and O–H groups in total. The lowest BCUT2D eigenvalue weighted by Gasteiger charge is -2.37. The molecule has 0 unspecified atom stereocenters. The van der Waals surface area contributed by atoms with Crippen molar-refractivity contribution in [2.24, 2.45) is 5.92 Å². The summed E-state index contributed by atoms with van der Waals surface area (Å²) >= 11 is 0. The van der Waals surface area contributed by atoms with Crippen molar-refractivity contribution < 1.29 is 29.0 Å². The second kappa shape index (κ2) is 12.1. The number of ether oxygens (including phenoxy) is 1. The Bertz CT molecular complexity index is 1500. The maximum atomic E-state index is 14.4. The zero-order valence-corrected chi connectivity index (χ0v) is 27.3. The molecule has 4 aliphatic heterocycles. The molecule has 0 aliphatic carbocycles. The minimum atomic E-state index is -3.01. The molecular weight excluding hydrogens is 588 g/mol. The van der Waals surface area contributed by atoms with E-state index in [9.17, 15) is 24.3 Å². The normalized spacial score (nSPS) is 29.2. The molecule has 6 atom stereocenters. The van der Waals surface area contributed by atoms with Gasteiger partial charge in [0.05, 0.1) is 36.9 Å². The van der Waals surface area contributed by atoms with Crippen molar-refractivity contribution in [1.82, 2.24) is 10.2 Å². The Balaban J connectivity index is 1.34. The predicted octanol–water partition coefficient (Wildman–Crippen LogP) is 3.04. The van der Waals surface area contributed by atoms with E-state index >= 15 is 0 Å². The molecule has 6 rings (SSSR count). The molecule has 0 saturated carbocycles. The van der Waals surface area contributed by atoms with E-state index in [-0.39, 0.29) is 49.4 Å². The maximum absolute atomic E-state index is 14.4. The zero-order chi connectivity index (χ0) is 32.1. The summed E-state index contributed by atoms with van der Waals surface area (Å²) in [6.07, 6.45) is 3.17. The van der Waals surface area contributed by atoms with Gasteiger partial charge in [0, 0.05) is 35.8 Å². The first-order chi connectivity index (χ1) is 21.5. The molecule has 240 valence electrons. The van der Waals surface area contributed by atoms with Crippen LogP contribution in [0.25, 0.3) is 0 Å². The average molecular weight is 633 g/mol. The monoisotopic (exact) mass is 632 g/mol. The number of fused-ring (bicyclic) bond motifs is 3. The molecule has 45 heavy (non-hydrogen) atoms. The van der Waals surface area contributed by atoms with Gasteiger partial charge in [-0.3, -0.25) is 14.4 Å².